The molecule has 41 heavy (non-hydrogen) atoms. The largest absolute Gasteiger partial charge is 0.344 e. The highest BCUT2D eigenvalue weighted by molar-refractivity contribution is 7.85. The van der Waals surface area contributed by atoms with Crippen LogP contribution in [0.25, 0.3) is 22.0 Å². The van der Waals surface area contributed by atoms with E-state index in [2.05, 4.69) is 20.6 Å². The summed E-state index contributed by atoms with van der Waals surface area (Å²) in [6, 6.07) is 27.5. The zero-order valence-corrected chi connectivity index (χ0v) is 23.7. The number of anilines is 1. The third-order valence-corrected chi connectivity index (χ3v) is 8.15. The lowest BCUT2D eigenvalue weighted by atomic mass is 9.99. The van der Waals surface area contributed by atoms with Gasteiger partial charge in [-0.05, 0) is 66.1 Å². The number of nitrogens with one attached hydrogen (secondary N) is 2. The first-order valence-electron chi connectivity index (χ1n) is 13.5. The Morgan fingerprint density at radius 1 is 0.854 bits per heavy atom. The lowest BCUT2D eigenvalue weighted by Crippen LogP contribution is -2.28. The summed E-state index contributed by atoms with van der Waals surface area (Å²) in [5, 5.41) is 6.79. The first kappa shape index (κ1) is 27.9. The maximum absolute atomic E-state index is 13.3. The lowest BCUT2D eigenvalue weighted by Gasteiger charge is -2.16. The molecule has 2 unspecified atom stereocenters. The van der Waals surface area contributed by atoms with Crippen LogP contribution < -0.4 is 10.6 Å². The summed E-state index contributed by atoms with van der Waals surface area (Å²) in [6.45, 7) is 3.88. The number of hydrogen-bond donors (Lipinski definition) is 2. The van der Waals surface area contributed by atoms with Crippen LogP contribution >= 0.6 is 0 Å². The summed E-state index contributed by atoms with van der Waals surface area (Å²) >= 11 is 0. The Kier molecular flexibility index (Phi) is 8.60. The second-order valence-corrected chi connectivity index (χ2v) is 11.2. The van der Waals surface area contributed by atoms with E-state index in [0.717, 1.165) is 27.1 Å². The Morgan fingerprint density at radius 2 is 1.63 bits per heavy atom. The van der Waals surface area contributed by atoms with E-state index in [-0.39, 0.29) is 17.9 Å². The number of aromatic nitrogens is 2. The van der Waals surface area contributed by atoms with Gasteiger partial charge in [-0.3, -0.25) is 23.8 Å². The van der Waals surface area contributed by atoms with Crippen molar-refractivity contribution in [3.05, 3.63) is 120 Å². The van der Waals surface area contributed by atoms with Crippen LogP contribution in [0.4, 0.5) is 5.69 Å². The van der Waals surface area contributed by atoms with Crippen LogP contribution in [0.2, 0.25) is 0 Å². The van der Waals surface area contributed by atoms with Crippen LogP contribution in [-0.4, -0.2) is 31.7 Å². The molecular weight excluding hydrogens is 532 g/mol. The fraction of sp³-hybridized carbons (Fsp3) is 0.152. The third kappa shape index (κ3) is 6.39. The van der Waals surface area contributed by atoms with Crippen LogP contribution in [0.15, 0.2) is 108 Å². The van der Waals surface area contributed by atoms with Gasteiger partial charge in [0.05, 0.1) is 33.6 Å². The van der Waals surface area contributed by atoms with Crippen molar-refractivity contribution >= 4 is 39.2 Å². The zero-order chi connectivity index (χ0) is 28.8. The fourth-order valence-electron chi connectivity index (χ4n) is 4.62. The van der Waals surface area contributed by atoms with E-state index in [1.807, 2.05) is 80.6 Å². The normalized spacial score (nSPS) is 12.4. The molecule has 0 saturated heterocycles. The Hall–Kier alpha value is -4.69. The number of hydrogen-bond acceptors (Lipinski definition) is 5. The highest BCUT2D eigenvalue weighted by atomic mass is 32.2. The summed E-state index contributed by atoms with van der Waals surface area (Å²) in [7, 11) is -1.03. The topological polar surface area (TPSA) is 101 Å². The van der Waals surface area contributed by atoms with Crippen LogP contribution in [0.3, 0.4) is 0 Å². The summed E-state index contributed by atoms with van der Waals surface area (Å²) in [4.78, 5) is 35.9. The molecule has 2 aromatic heterocycles. The van der Waals surface area contributed by atoms with Crippen LogP contribution in [0.1, 0.15) is 52.7 Å². The van der Waals surface area contributed by atoms with Gasteiger partial charge >= 0.3 is 0 Å². The standard InChI is InChI=1S/C33H30N4O3S/c1-3-29(30-11-7-8-18-34-30)37-32(38)24-19-23-12-15-25(20-31(23)35-21-24)36-33(39)28-10-6-5-9-27(28)22-13-16-26(17-14-22)41(40)4-2/h5-21,29H,3-4H2,1-2H3,(H,36,39)(H,37,38). The molecule has 3 aromatic carbocycles. The third-order valence-electron chi connectivity index (χ3n) is 6.82. The monoisotopic (exact) mass is 562 g/mol. The molecule has 2 heterocycles. The Labute approximate surface area is 241 Å². The summed E-state index contributed by atoms with van der Waals surface area (Å²) in [5.41, 5.74) is 4.68. The van der Waals surface area contributed by atoms with Crippen molar-refractivity contribution in [2.45, 2.75) is 31.2 Å². The molecule has 206 valence electrons. The van der Waals surface area contributed by atoms with Crippen LogP contribution in [0, 0.1) is 0 Å². The average molecular weight is 563 g/mol. The number of pyridine rings is 2. The van der Waals surface area contributed by atoms with Crippen molar-refractivity contribution in [3.8, 4) is 11.1 Å². The SMILES string of the molecule is CCC(NC(=O)c1cnc2cc(NC(=O)c3ccccc3-c3ccc(S(=O)CC)cc3)ccc2c1)c1ccccn1. The van der Waals surface area contributed by atoms with Crippen molar-refractivity contribution in [1.82, 2.24) is 15.3 Å². The molecule has 0 bridgehead atoms. The minimum Gasteiger partial charge on any atom is -0.344 e. The van der Waals surface area contributed by atoms with Gasteiger partial charge < -0.3 is 10.6 Å². The quantitative estimate of drug-likeness (QED) is 0.212. The number of nitrogens with zero attached hydrogens (tertiary/aromatic N) is 2. The molecule has 2 atom stereocenters. The van der Waals surface area contributed by atoms with E-state index in [9.17, 15) is 13.8 Å². The molecule has 0 radical (unpaired) electrons. The Morgan fingerprint density at radius 3 is 2.37 bits per heavy atom. The number of carbonyl (C=O) groups is 2. The van der Waals surface area contributed by atoms with Gasteiger partial charge in [-0.25, -0.2) is 0 Å². The molecule has 0 aliphatic rings. The molecule has 0 aliphatic carbocycles. The second-order valence-electron chi connectivity index (χ2n) is 9.48. The van der Waals surface area contributed by atoms with Crippen molar-refractivity contribution in [2.24, 2.45) is 0 Å². The van der Waals surface area contributed by atoms with Crippen molar-refractivity contribution in [1.29, 1.82) is 0 Å². The van der Waals surface area contributed by atoms with Gasteiger partial charge in [-0.15, -0.1) is 0 Å². The number of rotatable bonds is 9. The predicted molar refractivity (Wildman–Crippen MR) is 163 cm³/mol. The molecule has 2 N–H and O–H groups in total. The highest BCUT2D eigenvalue weighted by Crippen LogP contribution is 2.27. The van der Waals surface area contributed by atoms with Crippen LogP contribution in [-0.2, 0) is 10.8 Å². The summed E-state index contributed by atoms with van der Waals surface area (Å²) in [5.74, 6) is 0.0795. The number of carbonyl (C=O) groups excluding carboxylic acids is 2. The van der Waals surface area contributed by atoms with Gasteiger partial charge in [0.15, 0.2) is 0 Å². The Balaban J connectivity index is 1.32. The highest BCUT2D eigenvalue weighted by Gasteiger charge is 2.17. The van der Waals surface area contributed by atoms with Gasteiger partial charge in [0.2, 0.25) is 0 Å². The van der Waals surface area contributed by atoms with Gasteiger partial charge in [0, 0.05) is 39.7 Å². The van der Waals surface area contributed by atoms with E-state index in [0.29, 0.717) is 34.5 Å². The average Bonchev–Trinajstić information content (AvgIpc) is 3.03. The molecule has 0 saturated carbocycles. The minimum atomic E-state index is -1.03. The fourth-order valence-corrected chi connectivity index (χ4v) is 5.39. The van der Waals surface area contributed by atoms with E-state index in [4.69, 9.17) is 0 Å². The minimum absolute atomic E-state index is 0.196. The molecule has 0 aliphatic heterocycles. The molecule has 0 spiro atoms. The summed E-state index contributed by atoms with van der Waals surface area (Å²) < 4.78 is 12.1. The smallest absolute Gasteiger partial charge is 0.256 e. The molecular formula is C33H30N4O3S. The van der Waals surface area contributed by atoms with Crippen molar-refractivity contribution < 1.29 is 13.8 Å². The van der Waals surface area contributed by atoms with E-state index < -0.39 is 10.8 Å². The maximum atomic E-state index is 13.3. The van der Waals surface area contributed by atoms with Crippen molar-refractivity contribution in [2.75, 3.05) is 11.1 Å². The zero-order valence-electron chi connectivity index (χ0n) is 22.8. The molecule has 5 aromatic rings. The lowest BCUT2D eigenvalue weighted by molar-refractivity contribution is 0.0933. The maximum Gasteiger partial charge on any atom is 0.256 e. The van der Waals surface area contributed by atoms with E-state index >= 15 is 0 Å². The first-order chi connectivity index (χ1) is 20.0. The number of fused-ring (bicyclic) bond motifs is 1. The molecule has 0 fully saturated rings. The van der Waals surface area contributed by atoms with Gasteiger partial charge in [0.1, 0.15) is 0 Å². The van der Waals surface area contributed by atoms with Crippen molar-refractivity contribution in [3.63, 3.8) is 0 Å². The van der Waals surface area contributed by atoms with E-state index in [1.165, 1.54) is 0 Å². The van der Waals surface area contributed by atoms with Gasteiger partial charge in [-0.1, -0.05) is 56.3 Å². The number of benzene rings is 3. The first-order valence-corrected chi connectivity index (χ1v) is 14.8. The van der Waals surface area contributed by atoms with Gasteiger partial charge in [-0.2, -0.15) is 0 Å². The number of amides is 2. The molecule has 5 rings (SSSR count). The van der Waals surface area contributed by atoms with E-state index in [1.54, 1.807) is 36.7 Å². The predicted octanol–water partition coefficient (Wildman–Crippen LogP) is 6.56. The van der Waals surface area contributed by atoms with Gasteiger partial charge in [0.25, 0.3) is 11.8 Å². The molecule has 2 amide bonds. The Bertz CT molecular complexity index is 1720. The molecule has 7 nitrogen and oxygen atoms in total. The summed E-state index contributed by atoms with van der Waals surface area (Å²) in [6.07, 6.45) is 3.96. The van der Waals surface area contributed by atoms with Crippen LogP contribution in [0.5, 0.6) is 0 Å². The molecule has 8 heteroatoms. The second kappa shape index (κ2) is 12.7.